The van der Waals surface area contributed by atoms with E-state index in [9.17, 15) is 0 Å². The summed E-state index contributed by atoms with van der Waals surface area (Å²) in [6, 6.07) is 8.25. The molecule has 3 aromatic rings. The van der Waals surface area contributed by atoms with Crippen LogP contribution in [-0.4, -0.2) is 32.7 Å². The Labute approximate surface area is 123 Å². The van der Waals surface area contributed by atoms with Crippen LogP contribution in [0.3, 0.4) is 0 Å². The zero-order chi connectivity index (χ0) is 14.2. The maximum Gasteiger partial charge on any atom is 0.204 e. The summed E-state index contributed by atoms with van der Waals surface area (Å²) in [5.41, 5.74) is 3.00. The fourth-order valence-electron chi connectivity index (χ4n) is 3.17. The molecule has 1 aliphatic rings. The van der Waals surface area contributed by atoms with E-state index in [0.29, 0.717) is 0 Å². The number of aryl methyl sites for hydroxylation is 1. The summed E-state index contributed by atoms with van der Waals surface area (Å²) in [5, 5.41) is 8.79. The number of fused-ring (bicyclic) bond motifs is 3. The van der Waals surface area contributed by atoms with E-state index in [4.69, 9.17) is 4.98 Å². The average molecular weight is 281 g/mol. The Balaban J connectivity index is 2.02. The SMILES string of the molecule is CCc1nnc2c(N3CCCCC3)nc3ccccc3n12. The summed E-state index contributed by atoms with van der Waals surface area (Å²) < 4.78 is 2.17. The summed E-state index contributed by atoms with van der Waals surface area (Å²) in [7, 11) is 0. The van der Waals surface area contributed by atoms with E-state index >= 15 is 0 Å². The van der Waals surface area contributed by atoms with Crippen LogP contribution in [0, 0.1) is 0 Å². The quantitative estimate of drug-likeness (QED) is 0.724. The zero-order valence-corrected chi connectivity index (χ0v) is 12.3. The molecule has 0 N–H and O–H groups in total. The van der Waals surface area contributed by atoms with Crippen LogP contribution in [0.15, 0.2) is 24.3 Å². The molecule has 0 amide bonds. The monoisotopic (exact) mass is 281 g/mol. The van der Waals surface area contributed by atoms with E-state index in [2.05, 4.69) is 38.6 Å². The number of hydrogen-bond acceptors (Lipinski definition) is 4. The van der Waals surface area contributed by atoms with Gasteiger partial charge in [-0.25, -0.2) is 4.98 Å². The van der Waals surface area contributed by atoms with Crippen LogP contribution in [0.2, 0.25) is 0 Å². The summed E-state index contributed by atoms with van der Waals surface area (Å²) in [6.07, 6.45) is 4.65. The zero-order valence-electron chi connectivity index (χ0n) is 12.3. The lowest BCUT2D eigenvalue weighted by molar-refractivity contribution is 0.574. The van der Waals surface area contributed by atoms with Crippen molar-refractivity contribution in [3.63, 3.8) is 0 Å². The minimum atomic E-state index is 0.870. The predicted molar refractivity (Wildman–Crippen MR) is 83.7 cm³/mol. The molecule has 0 atom stereocenters. The molecular weight excluding hydrogens is 262 g/mol. The highest BCUT2D eigenvalue weighted by Crippen LogP contribution is 2.26. The minimum Gasteiger partial charge on any atom is -0.353 e. The van der Waals surface area contributed by atoms with Gasteiger partial charge in [-0.1, -0.05) is 19.1 Å². The minimum absolute atomic E-state index is 0.870. The third-order valence-electron chi connectivity index (χ3n) is 4.25. The number of piperidine rings is 1. The number of benzene rings is 1. The molecule has 108 valence electrons. The second kappa shape index (κ2) is 4.98. The highest BCUT2D eigenvalue weighted by molar-refractivity contribution is 5.83. The smallest absolute Gasteiger partial charge is 0.204 e. The molecule has 3 heterocycles. The van der Waals surface area contributed by atoms with Crippen molar-refractivity contribution in [3.05, 3.63) is 30.1 Å². The fraction of sp³-hybridized carbons (Fsp3) is 0.438. The Kier molecular flexibility index (Phi) is 2.98. The van der Waals surface area contributed by atoms with Crippen LogP contribution >= 0.6 is 0 Å². The number of aromatic nitrogens is 4. The second-order valence-electron chi connectivity index (χ2n) is 5.60. The summed E-state index contributed by atoms with van der Waals surface area (Å²) in [5.74, 6) is 1.99. The van der Waals surface area contributed by atoms with Crippen molar-refractivity contribution in [2.45, 2.75) is 32.6 Å². The van der Waals surface area contributed by atoms with Gasteiger partial charge in [-0.05, 0) is 31.4 Å². The van der Waals surface area contributed by atoms with Gasteiger partial charge in [0.15, 0.2) is 5.82 Å². The summed E-state index contributed by atoms with van der Waals surface area (Å²) in [4.78, 5) is 7.24. The maximum atomic E-state index is 4.88. The van der Waals surface area contributed by atoms with Gasteiger partial charge in [-0.2, -0.15) is 0 Å². The highest BCUT2D eigenvalue weighted by atomic mass is 15.3. The van der Waals surface area contributed by atoms with Gasteiger partial charge >= 0.3 is 0 Å². The standard InChI is InChI=1S/C16H19N5/c1-2-14-18-19-16-15(20-10-6-3-7-11-20)17-12-8-4-5-9-13(12)21(14)16/h4-5,8-9H,2-3,6-7,10-11H2,1H3. The normalized spacial score (nSPS) is 16.0. The van der Waals surface area contributed by atoms with Crippen LogP contribution in [0.1, 0.15) is 32.0 Å². The molecule has 1 aromatic carbocycles. The number of para-hydroxylation sites is 2. The van der Waals surface area contributed by atoms with Gasteiger partial charge in [-0.3, -0.25) is 4.40 Å². The van der Waals surface area contributed by atoms with Crippen LogP contribution in [0.25, 0.3) is 16.7 Å². The van der Waals surface area contributed by atoms with Crippen molar-refractivity contribution in [1.29, 1.82) is 0 Å². The van der Waals surface area contributed by atoms with E-state index in [1.165, 1.54) is 19.3 Å². The van der Waals surface area contributed by atoms with Gasteiger partial charge < -0.3 is 4.90 Å². The molecular formula is C16H19N5. The molecule has 0 aliphatic carbocycles. The molecule has 21 heavy (non-hydrogen) atoms. The van der Waals surface area contributed by atoms with Gasteiger partial charge in [0.1, 0.15) is 5.82 Å². The third kappa shape index (κ3) is 1.95. The first kappa shape index (κ1) is 12.6. The highest BCUT2D eigenvalue weighted by Gasteiger charge is 2.20. The first-order valence-electron chi connectivity index (χ1n) is 7.76. The van der Waals surface area contributed by atoms with Crippen LogP contribution in [0.4, 0.5) is 5.82 Å². The molecule has 5 nitrogen and oxygen atoms in total. The first-order chi connectivity index (χ1) is 10.4. The second-order valence-corrected chi connectivity index (χ2v) is 5.60. The molecule has 0 radical (unpaired) electrons. The topological polar surface area (TPSA) is 46.3 Å². The van der Waals surface area contributed by atoms with Crippen molar-refractivity contribution < 1.29 is 0 Å². The van der Waals surface area contributed by atoms with Gasteiger partial charge in [0.25, 0.3) is 0 Å². The molecule has 0 saturated carbocycles. The van der Waals surface area contributed by atoms with Crippen molar-refractivity contribution >= 4 is 22.5 Å². The average Bonchev–Trinajstić information content (AvgIpc) is 2.99. The molecule has 1 aliphatic heterocycles. The predicted octanol–water partition coefficient (Wildman–Crippen LogP) is 2.83. The fourth-order valence-corrected chi connectivity index (χ4v) is 3.17. The van der Waals surface area contributed by atoms with Gasteiger partial charge in [0.2, 0.25) is 5.65 Å². The Morgan fingerprint density at radius 3 is 2.67 bits per heavy atom. The molecule has 2 aromatic heterocycles. The van der Waals surface area contributed by atoms with Crippen molar-refractivity contribution in [3.8, 4) is 0 Å². The van der Waals surface area contributed by atoms with E-state index in [0.717, 1.165) is 47.8 Å². The number of hydrogen-bond donors (Lipinski definition) is 0. The van der Waals surface area contributed by atoms with Crippen molar-refractivity contribution in [2.75, 3.05) is 18.0 Å². The number of anilines is 1. The lowest BCUT2D eigenvalue weighted by Crippen LogP contribution is -2.30. The largest absolute Gasteiger partial charge is 0.353 e. The Morgan fingerprint density at radius 2 is 1.86 bits per heavy atom. The number of nitrogens with zero attached hydrogens (tertiary/aromatic N) is 5. The molecule has 1 fully saturated rings. The molecule has 0 bridgehead atoms. The van der Waals surface area contributed by atoms with Crippen LogP contribution in [-0.2, 0) is 6.42 Å². The van der Waals surface area contributed by atoms with Crippen LogP contribution < -0.4 is 4.90 Å². The lowest BCUT2D eigenvalue weighted by Gasteiger charge is -2.28. The number of rotatable bonds is 2. The molecule has 0 spiro atoms. The Hall–Kier alpha value is -2.17. The van der Waals surface area contributed by atoms with E-state index in [-0.39, 0.29) is 0 Å². The summed E-state index contributed by atoms with van der Waals surface area (Å²) >= 11 is 0. The van der Waals surface area contributed by atoms with Gasteiger partial charge in [0.05, 0.1) is 11.0 Å². The maximum absolute atomic E-state index is 4.88. The van der Waals surface area contributed by atoms with Crippen molar-refractivity contribution in [1.82, 2.24) is 19.6 Å². The van der Waals surface area contributed by atoms with Crippen molar-refractivity contribution in [2.24, 2.45) is 0 Å². The first-order valence-corrected chi connectivity index (χ1v) is 7.76. The van der Waals surface area contributed by atoms with Gasteiger partial charge in [-0.15, -0.1) is 10.2 Å². The Bertz CT molecular complexity index is 786. The molecule has 1 saturated heterocycles. The summed E-state index contributed by atoms with van der Waals surface area (Å²) in [6.45, 7) is 4.25. The lowest BCUT2D eigenvalue weighted by atomic mass is 10.1. The molecule has 4 rings (SSSR count). The van der Waals surface area contributed by atoms with Gasteiger partial charge in [0, 0.05) is 19.5 Å². The van der Waals surface area contributed by atoms with E-state index in [1.807, 2.05) is 12.1 Å². The van der Waals surface area contributed by atoms with Crippen LogP contribution in [0.5, 0.6) is 0 Å². The van der Waals surface area contributed by atoms with E-state index < -0.39 is 0 Å². The van der Waals surface area contributed by atoms with E-state index in [1.54, 1.807) is 0 Å². The molecule has 5 heteroatoms. The Morgan fingerprint density at radius 1 is 1.05 bits per heavy atom. The molecule has 0 unspecified atom stereocenters. The third-order valence-corrected chi connectivity index (χ3v) is 4.25.